The summed E-state index contributed by atoms with van der Waals surface area (Å²) in [4.78, 5) is 0. The highest BCUT2D eigenvalue weighted by Gasteiger charge is 2.01. The molecule has 0 aliphatic carbocycles. The number of hydrogen-bond donors (Lipinski definition) is 2. The van der Waals surface area contributed by atoms with Crippen LogP contribution in [0.5, 0.6) is 0 Å². The zero-order valence-electron chi connectivity index (χ0n) is 9.08. The number of nitrogen functional groups attached to an aromatic ring is 1. The van der Waals surface area contributed by atoms with Gasteiger partial charge in [-0.15, -0.1) is 0 Å². The third kappa shape index (κ3) is 3.11. The molecule has 0 saturated heterocycles. The van der Waals surface area contributed by atoms with Crippen LogP contribution >= 0.6 is 11.6 Å². The highest BCUT2D eigenvalue weighted by atomic mass is 35.5. The van der Waals surface area contributed by atoms with Crippen LogP contribution in [0.1, 0.15) is 5.56 Å². The second-order valence-electron chi connectivity index (χ2n) is 3.71. The molecule has 0 atom stereocenters. The molecule has 0 spiro atoms. The van der Waals surface area contributed by atoms with Crippen LogP contribution < -0.4 is 11.1 Å². The van der Waals surface area contributed by atoms with Crippen LogP contribution in [-0.2, 0) is 6.54 Å². The normalized spacial score (nSPS) is 10.2. The molecule has 2 rings (SSSR count). The maximum atomic E-state index is 12.9. The van der Waals surface area contributed by atoms with Crippen LogP contribution in [0.15, 0.2) is 42.5 Å². The first-order valence-electron chi connectivity index (χ1n) is 5.18. The van der Waals surface area contributed by atoms with Gasteiger partial charge in [-0.25, -0.2) is 4.39 Å². The van der Waals surface area contributed by atoms with E-state index in [2.05, 4.69) is 5.32 Å². The van der Waals surface area contributed by atoms with Gasteiger partial charge < -0.3 is 11.1 Å². The third-order valence-corrected chi connectivity index (χ3v) is 2.74. The maximum absolute atomic E-state index is 12.9. The van der Waals surface area contributed by atoms with Gasteiger partial charge in [-0.2, -0.15) is 0 Å². The van der Waals surface area contributed by atoms with Crippen molar-refractivity contribution < 1.29 is 4.39 Å². The minimum atomic E-state index is -0.265. The molecule has 17 heavy (non-hydrogen) atoms. The van der Waals surface area contributed by atoms with Crippen LogP contribution in [0.2, 0.25) is 5.02 Å². The summed E-state index contributed by atoms with van der Waals surface area (Å²) in [6.45, 7) is 0.530. The van der Waals surface area contributed by atoms with Gasteiger partial charge in [-0.3, -0.25) is 0 Å². The molecule has 0 unspecified atom stereocenters. The Morgan fingerprint density at radius 3 is 2.71 bits per heavy atom. The van der Waals surface area contributed by atoms with Gasteiger partial charge in [0.15, 0.2) is 0 Å². The second kappa shape index (κ2) is 5.06. The molecule has 0 bridgehead atoms. The summed E-state index contributed by atoms with van der Waals surface area (Å²) >= 11 is 6.03. The quantitative estimate of drug-likeness (QED) is 0.816. The second-order valence-corrected chi connectivity index (χ2v) is 4.12. The smallest absolute Gasteiger partial charge is 0.125 e. The third-order valence-electron chi connectivity index (χ3n) is 2.38. The van der Waals surface area contributed by atoms with E-state index in [4.69, 9.17) is 17.3 Å². The van der Waals surface area contributed by atoms with Crippen molar-refractivity contribution in [2.75, 3.05) is 11.1 Å². The Labute approximate surface area is 104 Å². The first kappa shape index (κ1) is 11.7. The zero-order chi connectivity index (χ0) is 12.3. The molecule has 88 valence electrons. The molecule has 2 nitrogen and oxygen atoms in total. The number of halogens is 2. The van der Waals surface area contributed by atoms with E-state index in [1.807, 2.05) is 6.07 Å². The fourth-order valence-electron chi connectivity index (χ4n) is 1.50. The SMILES string of the molecule is Nc1ccc(CNc2cccc(F)c2)c(Cl)c1. The van der Waals surface area contributed by atoms with Gasteiger partial charge in [0.1, 0.15) is 5.82 Å². The van der Waals surface area contributed by atoms with Crippen molar-refractivity contribution in [3.63, 3.8) is 0 Å². The predicted molar refractivity (Wildman–Crippen MR) is 69.6 cm³/mol. The Kier molecular flexibility index (Phi) is 3.49. The summed E-state index contributed by atoms with van der Waals surface area (Å²) in [7, 11) is 0. The van der Waals surface area contributed by atoms with Gasteiger partial charge in [-0.05, 0) is 35.9 Å². The molecule has 0 radical (unpaired) electrons. The van der Waals surface area contributed by atoms with E-state index in [-0.39, 0.29) is 5.82 Å². The largest absolute Gasteiger partial charge is 0.399 e. The van der Waals surface area contributed by atoms with Crippen LogP contribution in [0, 0.1) is 5.82 Å². The average molecular weight is 251 g/mol. The predicted octanol–water partition coefficient (Wildman–Crippen LogP) is 3.67. The number of anilines is 2. The van der Waals surface area contributed by atoms with E-state index >= 15 is 0 Å². The molecule has 0 aliphatic heterocycles. The lowest BCUT2D eigenvalue weighted by Gasteiger charge is -2.08. The van der Waals surface area contributed by atoms with Crippen molar-refractivity contribution in [3.05, 3.63) is 58.9 Å². The Morgan fingerprint density at radius 2 is 2.00 bits per heavy atom. The van der Waals surface area contributed by atoms with E-state index in [0.717, 1.165) is 11.3 Å². The summed E-state index contributed by atoms with van der Waals surface area (Å²) in [6.07, 6.45) is 0. The van der Waals surface area contributed by atoms with Crippen LogP contribution in [-0.4, -0.2) is 0 Å². The van der Waals surface area contributed by atoms with Crippen LogP contribution in [0.4, 0.5) is 15.8 Å². The Bertz CT molecular complexity index is 529. The van der Waals surface area contributed by atoms with E-state index < -0.39 is 0 Å². The summed E-state index contributed by atoms with van der Waals surface area (Å²) in [5.74, 6) is -0.265. The molecule has 0 amide bonds. The summed E-state index contributed by atoms with van der Waals surface area (Å²) in [5.41, 5.74) is 7.87. The number of hydrogen-bond acceptors (Lipinski definition) is 2. The van der Waals surface area contributed by atoms with E-state index in [9.17, 15) is 4.39 Å². The fourth-order valence-corrected chi connectivity index (χ4v) is 1.76. The number of nitrogens with one attached hydrogen (secondary N) is 1. The number of rotatable bonds is 3. The van der Waals surface area contributed by atoms with E-state index in [0.29, 0.717) is 17.3 Å². The van der Waals surface area contributed by atoms with Gasteiger partial charge >= 0.3 is 0 Å². The van der Waals surface area contributed by atoms with Gasteiger partial charge in [-0.1, -0.05) is 23.7 Å². The van der Waals surface area contributed by atoms with Gasteiger partial charge in [0, 0.05) is 22.9 Å². The van der Waals surface area contributed by atoms with Crippen molar-refractivity contribution in [1.29, 1.82) is 0 Å². The standard InChI is InChI=1S/C13H12ClFN2/c14-13-7-11(16)5-4-9(13)8-17-12-3-1-2-10(15)6-12/h1-7,17H,8,16H2. The maximum Gasteiger partial charge on any atom is 0.125 e. The summed E-state index contributed by atoms with van der Waals surface area (Å²) in [5, 5.41) is 3.70. The monoisotopic (exact) mass is 250 g/mol. The molecule has 4 heteroatoms. The van der Waals surface area contributed by atoms with E-state index in [1.165, 1.54) is 12.1 Å². The van der Waals surface area contributed by atoms with Crippen molar-refractivity contribution in [2.24, 2.45) is 0 Å². The minimum Gasteiger partial charge on any atom is -0.399 e. The number of nitrogens with two attached hydrogens (primary N) is 1. The van der Waals surface area contributed by atoms with Crippen molar-refractivity contribution in [3.8, 4) is 0 Å². The molecular weight excluding hydrogens is 239 g/mol. The first-order valence-corrected chi connectivity index (χ1v) is 5.56. The Hall–Kier alpha value is -1.74. The molecule has 0 aromatic heterocycles. The van der Waals surface area contributed by atoms with Gasteiger partial charge in [0.05, 0.1) is 0 Å². The van der Waals surface area contributed by atoms with Crippen molar-refractivity contribution >= 4 is 23.0 Å². The summed E-state index contributed by atoms with van der Waals surface area (Å²) < 4.78 is 12.9. The lowest BCUT2D eigenvalue weighted by Crippen LogP contribution is -2.00. The van der Waals surface area contributed by atoms with Gasteiger partial charge in [0.2, 0.25) is 0 Å². The highest BCUT2D eigenvalue weighted by molar-refractivity contribution is 6.31. The van der Waals surface area contributed by atoms with Crippen molar-refractivity contribution in [1.82, 2.24) is 0 Å². The minimum absolute atomic E-state index is 0.265. The topological polar surface area (TPSA) is 38.0 Å². The lowest BCUT2D eigenvalue weighted by atomic mass is 10.2. The highest BCUT2D eigenvalue weighted by Crippen LogP contribution is 2.20. The Balaban J connectivity index is 2.07. The Morgan fingerprint density at radius 1 is 1.18 bits per heavy atom. The molecule has 3 N–H and O–H groups in total. The molecule has 0 saturated carbocycles. The molecular formula is C13H12ClFN2. The number of benzene rings is 2. The molecule has 2 aromatic carbocycles. The zero-order valence-corrected chi connectivity index (χ0v) is 9.84. The molecule has 0 fully saturated rings. The van der Waals surface area contributed by atoms with Crippen LogP contribution in [0.3, 0.4) is 0 Å². The van der Waals surface area contributed by atoms with Crippen molar-refractivity contribution in [2.45, 2.75) is 6.54 Å². The van der Waals surface area contributed by atoms with Crippen LogP contribution in [0.25, 0.3) is 0 Å². The molecule has 0 heterocycles. The fraction of sp³-hybridized carbons (Fsp3) is 0.0769. The lowest BCUT2D eigenvalue weighted by molar-refractivity contribution is 0.628. The molecule has 0 aliphatic rings. The average Bonchev–Trinajstić information content (AvgIpc) is 2.28. The first-order chi connectivity index (χ1) is 8.15. The van der Waals surface area contributed by atoms with Gasteiger partial charge in [0.25, 0.3) is 0 Å². The van der Waals surface area contributed by atoms with E-state index in [1.54, 1.807) is 24.3 Å². The molecule has 2 aromatic rings. The summed E-state index contributed by atoms with van der Waals surface area (Å²) in [6, 6.07) is 11.6.